The molecule has 0 atom stereocenters. The van der Waals surface area contributed by atoms with Gasteiger partial charge in [0.05, 0.1) is 13.7 Å². The summed E-state index contributed by atoms with van der Waals surface area (Å²) in [6.07, 6.45) is 1.67. The van der Waals surface area contributed by atoms with E-state index in [0.717, 1.165) is 16.7 Å². The lowest BCUT2D eigenvalue weighted by Gasteiger charge is -2.08. The first-order valence-electron chi connectivity index (χ1n) is 7.61. The van der Waals surface area contributed by atoms with Crippen LogP contribution < -0.4 is 5.56 Å². The maximum atomic E-state index is 12.3. The molecule has 0 spiro atoms. The number of hydrogen-bond acceptors (Lipinski definition) is 3. The van der Waals surface area contributed by atoms with Crippen LogP contribution in [0.25, 0.3) is 11.1 Å². The van der Waals surface area contributed by atoms with Crippen molar-refractivity contribution >= 4 is 5.97 Å². The molecule has 1 aromatic heterocycles. The first-order chi connectivity index (χ1) is 11.7. The van der Waals surface area contributed by atoms with Crippen LogP contribution in [0.5, 0.6) is 0 Å². The molecule has 3 rings (SSSR count). The summed E-state index contributed by atoms with van der Waals surface area (Å²) in [6, 6.07) is 21.3. The summed E-state index contributed by atoms with van der Waals surface area (Å²) in [6.45, 7) is 0.402. The molecule has 0 amide bonds. The Hall–Kier alpha value is -3.14. The van der Waals surface area contributed by atoms with E-state index in [1.807, 2.05) is 42.5 Å². The second kappa shape index (κ2) is 6.96. The number of carbonyl (C=O) groups excluding carboxylic acids is 1. The minimum Gasteiger partial charge on any atom is -0.465 e. The number of hydrogen-bond donors (Lipinski definition) is 0. The van der Waals surface area contributed by atoms with Crippen LogP contribution >= 0.6 is 0 Å². The minimum absolute atomic E-state index is 0.0425. The fourth-order valence-corrected chi connectivity index (χ4v) is 2.56. The second-order valence-corrected chi connectivity index (χ2v) is 5.41. The summed E-state index contributed by atoms with van der Waals surface area (Å²) < 4.78 is 6.14. The molecule has 3 aromatic rings. The zero-order chi connectivity index (χ0) is 16.9. The summed E-state index contributed by atoms with van der Waals surface area (Å²) >= 11 is 0. The van der Waals surface area contributed by atoms with Gasteiger partial charge in [-0.1, -0.05) is 54.6 Å². The van der Waals surface area contributed by atoms with Crippen molar-refractivity contribution in [1.29, 1.82) is 0 Å². The number of aromatic nitrogens is 1. The Bertz CT molecular complexity index is 896. The lowest BCUT2D eigenvalue weighted by Crippen LogP contribution is -2.26. The monoisotopic (exact) mass is 319 g/mol. The Labute approximate surface area is 140 Å². The maximum absolute atomic E-state index is 12.3. The van der Waals surface area contributed by atoms with Gasteiger partial charge < -0.3 is 9.30 Å². The molecule has 0 aliphatic heterocycles. The van der Waals surface area contributed by atoms with Crippen LogP contribution in [-0.4, -0.2) is 17.6 Å². The minimum atomic E-state index is -0.617. The predicted octanol–water partition coefficient (Wildman–Crippen LogP) is 3.35. The van der Waals surface area contributed by atoms with Crippen molar-refractivity contribution in [2.45, 2.75) is 6.54 Å². The summed E-state index contributed by atoms with van der Waals surface area (Å²) in [5, 5.41) is 0. The summed E-state index contributed by atoms with van der Waals surface area (Å²) in [7, 11) is 1.27. The average Bonchev–Trinajstić information content (AvgIpc) is 2.64. The van der Waals surface area contributed by atoms with E-state index in [1.54, 1.807) is 12.3 Å². The quantitative estimate of drug-likeness (QED) is 0.693. The highest BCUT2D eigenvalue weighted by atomic mass is 16.5. The van der Waals surface area contributed by atoms with Gasteiger partial charge in [-0.15, -0.1) is 0 Å². The van der Waals surface area contributed by atoms with E-state index in [4.69, 9.17) is 0 Å². The van der Waals surface area contributed by atoms with Gasteiger partial charge >= 0.3 is 5.97 Å². The number of benzene rings is 2. The molecule has 2 aromatic carbocycles. The van der Waals surface area contributed by atoms with Gasteiger partial charge in [-0.05, 0) is 28.8 Å². The summed E-state index contributed by atoms with van der Waals surface area (Å²) in [4.78, 5) is 23.9. The van der Waals surface area contributed by atoms with Gasteiger partial charge in [-0.3, -0.25) is 4.79 Å². The number of nitrogens with zero attached hydrogens (tertiary/aromatic N) is 1. The molecule has 0 N–H and O–H groups in total. The van der Waals surface area contributed by atoms with Gasteiger partial charge in [0.1, 0.15) is 5.56 Å². The number of rotatable bonds is 4. The van der Waals surface area contributed by atoms with E-state index < -0.39 is 5.97 Å². The molecule has 24 heavy (non-hydrogen) atoms. The van der Waals surface area contributed by atoms with Crippen molar-refractivity contribution < 1.29 is 9.53 Å². The van der Waals surface area contributed by atoms with Crippen molar-refractivity contribution in [3.05, 3.63) is 94.4 Å². The molecule has 0 aliphatic rings. The Morgan fingerprint density at radius 3 is 2.25 bits per heavy atom. The third kappa shape index (κ3) is 3.27. The van der Waals surface area contributed by atoms with Crippen LogP contribution in [0.4, 0.5) is 0 Å². The van der Waals surface area contributed by atoms with Crippen LogP contribution in [0.15, 0.2) is 77.7 Å². The number of esters is 1. The standard InChI is InChI=1S/C20H17NO3/c1-24-20(23)18-8-5-13-21(19(18)22)14-15-9-11-17(12-10-15)16-6-3-2-4-7-16/h2-13H,14H2,1H3. The van der Waals surface area contributed by atoms with Crippen LogP contribution in [0.2, 0.25) is 0 Å². The highest BCUT2D eigenvalue weighted by Gasteiger charge is 2.12. The zero-order valence-corrected chi connectivity index (χ0v) is 13.3. The normalized spacial score (nSPS) is 10.4. The van der Waals surface area contributed by atoms with Gasteiger partial charge in [0.2, 0.25) is 0 Å². The van der Waals surface area contributed by atoms with Gasteiger partial charge in [0.25, 0.3) is 5.56 Å². The fraction of sp³-hybridized carbons (Fsp3) is 0.100. The van der Waals surface area contributed by atoms with Crippen molar-refractivity contribution in [3.8, 4) is 11.1 Å². The van der Waals surface area contributed by atoms with E-state index in [-0.39, 0.29) is 11.1 Å². The lowest BCUT2D eigenvalue weighted by molar-refractivity contribution is 0.0598. The van der Waals surface area contributed by atoms with Gasteiger partial charge in [0, 0.05) is 6.20 Å². The third-order valence-corrected chi connectivity index (χ3v) is 3.84. The number of methoxy groups -OCH3 is 1. The molecule has 0 saturated carbocycles. The molecule has 0 unspecified atom stereocenters. The van der Waals surface area contributed by atoms with Crippen LogP contribution in [0.1, 0.15) is 15.9 Å². The Balaban J connectivity index is 1.85. The molecule has 0 radical (unpaired) electrons. The fourth-order valence-electron chi connectivity index (χ4n) is 2.56. The Morgan fingerprint density at radius 2 is 1.58 bits per heavy atom. The van der Waals surface area contributed by atoms with Crippen molar-refractivity contribution in [1.82, 2.24) is 4.57 Å². The molecule has 4 nitrogen and oxygen atoms in total. The molecule has 0 aliphatic carbocycles. The Kier molecular flexibility index (Phi) is 4.57. The van der Waals surface area contributed by atoms with E-state index in [2.05, 4.69) is 16.9 Å². The topological polar surface area (TPSA) is 48.3 Å². The largest absolute Gasteiger partial charge is 0.465 e. The van der Waals surface area contributed by atoms with E-state index in [0.29, 0.717) is 6.54 Å². The third-order valence-electron chi connectivity index (χ3n) is 3.84. The SMILES string of the molecule is COC(=O)c1cccn(Cc2ccc(-c3ccccc3)cc2)c1=O. The number of ether oxygens (including phenoxy) is 1. The Morgan fingerprint density at radius 1 is 0.917 bits per heavy atom. The highest BCUT2D eigenvalue weighted by Crippen LogP contribution is 2.19. The van der Waals surface area contributed by atoms with Crippen molar-refractivity contribution in [3.63, 3.8) is 0 Å². The lowest BCUT2D eigenvalue weighted by atomic mass is 10.0. The van der Waals surface area contributed by atoms with Crippen LogP contribution in [-0.2, 0) is 11.3 Å². The molecular formula is C20H17NO3. The van der Waals surface area contributed by atoms with Crippen molar-refractivity contribution in [2.24, 2.45) is 0 Å². The van der Waals surface area contributed by atoms with Crippen LogP contribution in [0.3, 0.4) is 0 Å². The highest BCUT2D eigenvalue weighted by molar-refractivity contribution is 5.88. The molecule has 1 heterocycles. The summed E-state index contributed by atoms with van der Waals surface area (Å²) in [5.41, 5.74) is 2.94. The van der Waals surface area contributed by atoms with Gasteiger partial charge in [-0.25, -0.2) is 4.79 Å². The van der Waals surface area contributed by atoms with Gasteiger partial charge in [0.15, 0.2) is 0 Å². The number of carbonyl (C=O) groups is 1. The summed E-state index contributed by atoms with van der Waals surface area (Å²) in [5.74, 6) is -0.617. The van der Waals surface area contributed by atoms with E-state index in [9.17, 15) is 9.59 Å². The maximum Gasteiger partial charge on any atom is 0.343 e. The molecule has 4 heteroatoms. The smallest absolute Gasteiger partial charge is 0.343 e. The second-order valence-electron chi connectivity index (χ2n) is 5.41. The van der Waals surface area contributed by atoms with E-state index >= 15 is 0 Å². The molecular weight excluding hydrogens is 302 g/mol. The van der Waals surface area contributed by atoms with Crippen molar-refractivity contribution in [2.75, 3.05) is 7.11 Å². The van der Waals surface area contributed by atoms with E-state index in [1.165, 1.54) is 17.7 Å². The van der Waals surface area contributed by atoms with Crippen LogP contribution in [0, 0.1) is 0 Å². The van der Waals surface area contributed by atoms with Gasteiger partial charge in [-0.2, -0.15) is 0 Å². The predicted molar refractivity (Wildman–Crippen MR) is 93.0 cm³/mol. The first-order valence-corrected chi connectivity index (χ1v) is 7.61. The average molecular weight is 319 g/mol. The first kappa shape index (κ1) is 15.7. The zero-order valence-electron chi connectivity index (χ0n) is 13.3. The molecule has 0 fully saturated rings. The molecule has 120 valence electrons. The number of pyridine rings is 1. The molecule has 0 saturated heterocycles. The molecule has 0 bridgehead atoms.